The van der Waals surface area contributed by atoms with E-state index in [2.05, 4.69) is 20.6 Å². The van der Waals surface area contributed by atoms with Gasteiger partial charge in [-0.25, -0.2) is 4.98 Å². The summed E-state index contributed by atoms with van der Waals surface area (Å²) in [6.07, 6.45) is 1.88. The van der Waals surface area contributed by atoms with Gasteiger partial charge in [0.1, 0.15) is 11.6 Å². The lowest BCUT2D eigenvalue weighted by Gasteiger charge is -2.11. The first-order chi connectivity index (χ1) is 10.7. The topological polar surface area (TPSA) is 68.3 Å². The van der Waals surface area contributed by atoms with Gasteiger partial charge in [0.05, 0.1) is 12.7 Å². The number of ether oxygens (including phenoxy) is 2. The summed E-state index contributed by atoms with van der Waals surface area (Å²) in [6, 6.07) is 9.60. The Hall–Kier alpha value is -2.34. The summed E-state index contributed by atoms with van der Waals surface area (Å²) in [5, 5.41) is 6.33. The van der Waals surface area contributed by atoms with Crippen LogP contribution in [0.4, 0.5) is 17.5 Å². The Labute approximate surface area is 130 Å². The van der Waals surface area contributed by atoms with Crippen molar-refractivity contribution in [3.8, 4) is 5.75 Å². The smallest absolute Gasteiger partial charge is 0.224 e. The molecule has 22 heavy (non-hydrogen) atoms. The molecule has 0 fully saturated rings. The van der Waals surface area contributed by atoms with Crippen molar-refractivity contribution >= 4 is 17.5 Å². The van der Waals surface area contributed by atoms with Crippen LogP contribution >= 0.6 is 0 Å². The molecule has 0 amide bonds. The number of hydrogen-bond donors (Lipinski definition) is 2. The minimum atomic E-state index is 0.168. The van der Waals surface area contributed by atoms with Crippen molar-refractivity contribution in [2.24, 2.45) is 0 Å². The normalized spacial score (nSPS) is 10.5. The van der Waals surface area contributed by atoms with Crippen molar-refractivity contribution in [1.29, 1.82) is 0 Å². The maximum Gasteiger partial charge on any atom is 0.224 e. The van der Waals surface area contributed by atoms with Crippen LogP contribution in [-0.2, 0) is 4.74 Å². The number of nitrogens with zero attached hydrogens (tertiary/aromatic N) is 2. The maximum absolute atomic E-state index is 5.62. The Bertz CT molecular complexity index is 573. The van der Waals surface area contributed by atoms with Crippen molar-refractivity contribution in [2.45, 2.75) is 20.0 Å². The minimum absolute atomic E-state index is 0.168. The Morgan fingerprint density at radius 3 is 2.59 bits per heavy atom. The molecule has 6 nitrogen and oxygen atoms in total. The van der Waals surface area contributed by atoms with Crippen LogP contribution in [0.1, 0.15) is 13.8 Å². The third-order valence-corrected chi connectivity index (χ3v) is 2.74. The Balaban J connectivity index is 1.96. The molecule has 0 unspecified atom stereocenters. The molecule has 1 heterocycles. The van der Waals surface area contributed by atoms with Gasteiger partial charge in [-0.3, -0.25) is 0 Å². The average molecular weight is 302 g/mol. The van der Waals surface area contributed by atoms with Crippen molar-refractivity contribution in [2.75, 3.05) is 30.9 Å². The molecule has 0 bridgehead atoms. The van der Waals surface area contributed by atoms with Gasteiger partial charge < -0.3 is 20.1 Å². The van der Waals surface area contributed by atoms with E-state index in [0.29, 0.717) is 19.1 Å². The Morgan fingerprint density at radius 1 is 1.14 bits per heavy atom. The lowest BCUT2D eigenvalue weighted by Crippen LogP contribution is -2.10. The van der Waals surface area contributed by atoms with Gasteiger partial charge in [-0.2, -0.15) is 4.98 Å². The predicted molar refractivity (Wildman–Crippen MR) is 87.9 cm³/mol. The van der Waals surface area contributed by atoms with Crippen LogP contribution in [0.25, 0.3) is 0 Å². The van der Waals surface area contributed by atoms with Gasteiger partial charge in [0.2, 0.25) is 5.95 Å². The zero-order chi connectivity index (χ0) is 15.8. The van der Waals surface area contributed by atoms with Gasteiger partial charge >= 0.3 is 0 Å². The highest BCUT2D eigenvalue weighted by Crippen LogP contribution is 2.20. The summed E-state index contributed by atoms with van der Waals surface area (Å²) in [7, 11) is 1.66. The quantitative estimate of drug-likeness (QED) is 0.730. The van der Waals surface area contributed by atoms with Gasteiger partial charge in [0.25, 0.3) is 0 Å². The lowest BCUT2D eigenvalue weighted by molar-refractivity contribution is 0.210. The van der Waals surface area contributed by atoms with Gasteiger partial charge in [-0.1, -0.05) is 0 Å². The fraction of sp³-hybridized carbons (Fsp3) is 0.375. The van der Waals surface area contributed by atoms with Crippen LogP contribution in [0.2, 0.25) is 0 Å². The Kier molecular flexibility index (Phi) is 5.97. The zero-order valence-electron chi connectivity index (χ0n) is 13.2. The first-order valence-corrected chi connectivity index (χ1v) is 7.27. The first-order valence-electron chi connectivity index (χ1n) is 7.27. The third kappa shape index (κ3) is 5.21. The molecule has 0 atom stereocenters. The van der Waals surface area contributed by atoms with Crippen LogP contribution in [-0.4, -0.2) is 36.3 Å². The molecule has 6 heteroatoms. The molecule has 0 aliphatic carbocycles. The highest BCUT2D eigenvalue weighted by Gasteiger charge is 2.01. The average Bonchev–Trinajstić information content (AvgIpc) is 2.49. The largest absolute Gasteiger partial charge is 0.491 e. The van der Waals surface area contributed by atoms with E-state index in [9.17, 15) is 0 Å². The van der Waals surface area contributed by atoms with Crippen molar-refractivity contribution in [1.82, 2.24) is 9.97 Å². The highest BCUT2D eigenvalue weighted by atomic mass is 16.5. The second-order valence-electron chi connectivity index (χ2n) is 5.00. The van der Waals surface area contributed by atoms with E-state index in [1.54, 1.807) is 13.3 Å². The van der Waals surface area contributed by atoms with E-state index < -0.39 is 0 Å². The first kappa shape index (κ1) is 16.0. The number of nitrogens with one attached hydrogen (secondary N) is 2. The minimum Gasteiger partial charge on any atom is -0.491 e. The second-order valence-corrected chi connectivity index (χ2v) is 5.00. The molecule has 0 saturated carbocycles. The molecule has 2 rings (SSSR count). The van der Waals surface area contributed by atoms with Gasteiger partial charge in [0.15, 0.2) is 0 Å². The number of anilines is 3. The van der Waals surface area contributed by atoms with Gasteiger partial charge in [0, 0.05) is 25.5 Å². The van der Waals surface area contributed by atoms with Gasteiger partial charge in [-0.05, 0) is 44.2 Å². The fourth-order valence-electron chi connectivity index (χ4n) is 1.82. The molecule has 2 aromatic rings. The van der Waals surface area contributed by atoms with E-state index in [-0.39, 0.29) is 6.10 Å². The predicted octanol–water partition coefficient (Wildman–Crippen LogP) is 3.07. The molecule has 0 saturated heterocycles. The summed E-state index contributed by atoms with van der Waals surface area (Å²) in [5.41, 5.74) is 0.942. The monoisotopic (exact) mass is 302 g/mol. The second kappa shape index (κ2) is 8.19. The molecule has 0 radical (unpaired) electrons. The summed E-state index contributed by atoms with van der Waals surface area (Å²) in [6.45, 7) is 5.29. The summed E-state index contributed by atoms with van der Waals surface area (Å²) >= 11 is 0. The molecule has 0 aliphatic heterocycles. The maximum atomic E-state index is 5.62. The van der Waals surface area contributed by atoms with Crippen molar-refractivity contribution in [3.63, 3.8) is 0 Å². The van der Waals surface area contributed by atoms with E-state index in [1.165, 1.54) is 0 Å². The van der Waals surface area contributed by atoms with Crippen LogP contribution in [0.5, 0.6) is 5.75 Å². The van der Waals surface area contributed by atoms with Crippen LogP contribution in [0.15, 0.2) is 36.5 Å². The molecule has 118 valence electrons. The summed E-state index contributed by atoms with van der Waals surface area (Å²) < 4.78 is 10.6. The zero-order valence-corrected chi connectivity index (χ0v) is 13.2. The van der Waals surface area contributed by atoms with Crippen LogP contribution in [0.3, 0.4) is 0 Å². The SMILES string of the molecule is COCCNc1nccc(Nc2ccc(OC(C)C)cc2)n1. The molecule has 2 N–H and O–H groups in total. The highest BCUT2D eigenvalue weighted by molar-refractivity contribution is 5.57. The van der Waals surface area contributed by atoms with E-state index >= 15 is 0 Å². The third-order valence-electron chi connectivity index (χ3n) is 2.74. The lowest BCUT2D eigenvalue weighted by atomic mass is 10.3. The summed E-state index contributed by atoms with van der Waals surface area (Å²) in [4.78, 5) is 8.55. The van der Waals surface area contributed by atoms with E-state index in [0.717, 1.165) is 17.3 Å². The number of methoxy groups -OCH3 is 1. The number of hydrogen-bond acceptors (Lipinski definition) is 6. The standard InChI is InChI=1S/C16H22N4O2/c1-12(2)22-14-6-4-13(5-7-14)19-15-8-9-17-16(20-15)18-10-11-21-3/h4-9,12H,10-11H2,1-3H3,(H2,17,18,19,20). The van der Waals surface area contributed by atoms with E-state index in [4.69, 9.17) is 9.47 Å². The van der Waals surface area contributed by atoms with E-state index in [1.807, 2.05) is 44.2 Å². The number of rotatable bonds is 8. The number of aromatic nitrogens is 2. The molecule has 0 spiro atoms. The summed E-state index contributed by atoms with van der Waals surface area (Å²) in [5.74, 6) is 2.15. The van der Waals surface area contributed by atoms with Crippen molar-refractivity contribution < 1.29 is 9.47 Å². The molecular formula is C16H22N4O2. The molecule has 0 aliphatic rings. The van der Waals surface area contributed by atoms with Crippen LogP contribution < -0.4 is 15.4 Å². The van der Waals surface area contributed by atoms with Crippen molar-refractivity contribution in [3.05, 3.63) is 36.5 Å². The molecular weight excluding hydrogens is 280 g/mol. The molecule has 1 aromatic carbocycles. The van der Waals surface area contributed by atoms with Gasteiger partial charge in [-0.15, -0.1) is 0 Å². The Morgan fingerprint density at radius 2 is 1.91 bits per heavy atom. The molecule has 1 aromatic heterocycles. The van der Waals surface area contributed by atoms with Crippen LogP contribution in [0, 0.1) is 0 Å². The fourth-order valence-corrected chi connectivity index (χ4v) is 1.82. The number of benzene rings is 1.